The molecule has 1 aromatic rings. The molecule has 1 rings (SSSR count). The van der Waals surface area contributed by atoms with Crippen LogP contribution < -0.4 is 5.32 Å². The molecule has 6 heteroatoms. The van der Waals surface area contributed by atoms with E-state index in [-0.39, 0.29) is 6.42 Å². The van der Waals surface area contributed by atoms with Gasteiger partial charge >= 0.3 is 0 Å². The zero-order chi connectivity index (χ0) is 19.3. The Kier molecular flexibility index (Phi) is 11.4. The molecule has 1 unspecified atom stereocenters. The maximum atomic E-state index is 12.3. The summed E-state index contributed by atoms with van der Waals surface area (Å²) in [7, 11) is -4.41. The molecule has 0 saturated heterocycles. The SMILES string of the molecule is CCCCCCCCCCNCCC(C(=O)c1ccccc1)S(=O)(=O)O. The minimum atomic E-state index is -4.41. The van der Waals surface area contributed by atoms with Gasteiger partial charge in [0.2, 0.25) is 0 Å². The van der Waals surface area contributed by atoms with Crippen molar-refractivity contribution in [3.05, 3.63) is 35.9 Å². The molecule has 0 radical (unpaired) electrons. The van der Waals surface area contributed by atoms with Gasteiger partial charge in [0, 0.05) is 5.56 Å². The Bertz CT molecular complexity index is 601. The lowest BCUT2D eigenvalue weighted by atomic mass is 10.1. The van der Waals surface area contributed by atoms with Crippen LogP contribution in [0.1, 0.15) is 75.1 Å². The number of unbranched alkanes of at least 4 members (excludes halogenated alkanes) is 7. The zero-order valence-electron chi connectivity index (χ0n) is 15.8. The fourth-order valence-electron chi connectivity index (χ4n) is 2.95. The average Bonchev–Trinajstić information content (AvgIpc) is 2.62. The molecule has 0 spiro atoms. The van der Waals surface area contributed by atoms with Gasteiger partial charge in [-0.05, 0) is 25.9 Å². The van der Waals surface area contributed by atoms with Crippen molar-refractivity contribution >= 4 is 15.9 Å². The van der Waals surface area contributed by atoms with Crippen LogP contribution in [-0.4, -0.2) is 37.1 Å². The Morgan fingerprint density at radius 3 is 2.12 bits per heavy atom. The molecule has 0 bridgehead atoms. The lowest BCUT2D eigenvalue weighted by Crippen LogP contribution is -2.33. The van der Waals surface area contributed by atoms with E-state index in [0.29, 0.717) is 12.1 Å². The van der Waals surface area contributed by atoms with Crippen molar-refractivity contribution in [1.82, 2.24) is 5.32 Å². The average molecular weight is 384 g/mol. The molecule has 2 N–H and O–H groups in total. The van der Waals surface area contributed by atoms with Crippen LogP contribution in [0, 0.1) is 0 Å². The third-order valence-corrected chi connectivity index (χ3v) is 5.67. The number of benzene rings is 1. The lowest BCUT2D eigenvalue weighted by Gasteiger charge is -2.13. The maximum Gasteiger partial charge on any atom is 0.275 e. The van der Waals surface area contributed by atoms with Crippen LogP contribution in [0.4, 0.5) is 0 Å². The van der Waals surface area contributed by atoms with E-state index in [4.69, 9.17) is 0 Å². The number of hydrogen-bond acceptors (Lipinski definition) is 4. The van der Waals surface area contributed by atoms with E-state index in [9.17, 15) is 17.8 Å². The van der Waals surface area contributed by atoms with Crippen LogP contribution in [0.2, 0.25) is 0 Å². The highest BCUT2D eigenvalue weighted by Gasteiger charge is 2.31. The number of hydrogen-bond donors (Lipinski definition) is 2. The Morgan fingerprint density at radius 2 is 1.54 bits per heavy atom. The van der Waals surface area contributed by atoms with Crippen LogP contribution in [0.5, 0.6) is 0 Å². The molecule has 5 nitrogen and oxygen atoms in total. The lowest BCUT2D eigenvalue weighted by molar-refractivity contribution is 0.0981. The number of ketones is 1. The smallest absolute Gasteiger partial charge is 0.275 e. The summed E-state index contributed by atoms with van der Waals surface area (Å²) < 4.78 is 32.5. The van der Waals surface area contributed by atoms with E-state index in [1.165, 1.54) is 38.5 Å². The van der Waals surface area contributed by atoms with E-state index < -0.39 is 21.2 Å². The Morgan fingerprint density at radius 1 is 0.962 bits per heavy atom. The minimum absolute atomic E-state index is 0.0730. The maximum absolute atomic E-state index is 12.3. The van der Waals surface area contributed by atoms with Crippen LogP contribution >= 0.6 is 0 Å². The van der Waals surface area contributed by atoms with Crippen molar-refractivity contribution in [2.24, 2.45) is 0 Å². The van der Waals surface area contributed by atoms with Gasteiger partial charge < -0.3 is 5.32 Å². The van der Waals surface area contributed by atoms with E-state index in [1.54, 1.807) is 30.3 Å². The second-order valence-electron chi connectivity index (χ2n) is 6.75. The topological polar surface area (TPSA) is 83.5 Å². The molecule has 0 saturated carbocycles. The number of rotatable bonds is 15. The molecule has 0 heterocycles. The first-order valence-electron chi connectivity index (χ1n) is 9.73. The number of carbonyl (C=O) groups excluding carboxylic acids is 1. The largest absolute Gasteiger partial charge is 0.317 e. The molecule has 26 heavy (non-hydrogen) atoms. The normalized spacial score (nSPS) is 12.8. The molecule has 1 aromatic carbocycles. The van der Waals surface area contributed by atoms with Crippen LogP contribution in [-0.2, 0) is 10.1 Å². The van der Waals surface area contributed by atoms with Gasteiger partial charge in [-0.3, -0.25) is 9.35 Å². The molecule has 0 aromatic heterocycles. The number of carbonyl (C=O) groups is 1. The van der Waals surface area contributed by atoms with Gasteiger partial charge in [0.15, 0.2) is 11.0 Å². The van der Waals surface area contributed by atoms with Gasteiger partial charge in [0.25, 0.3) is 10.1 Å². The van der Waals surface area contributed by atoms with E-state index in [1.807, 2.05) is 0 Å². The van der Waals surface area contributed by atoms with E-state index in [0.717, 1.165) is 19.4 Å². The van der Waals surface area contributed by atoms with Crippen molar-refractivity contribution in [3.8, 4) is 0 Å². The Labute approximate surface area is 158 Å². The summed E-state index contributed by atoms with van der Waals surface area (Å²) in [6.07, 6.45) is 9.98. The fourth-order valence-corrected chi connectivity index (χ4v) is 3.77. The van der Waals surface area contributed by atoms with E-state index in [2.05, 4.69) is 12.2 Å². The van der Waals surface area contributed by atoms with Crippen molar-refractivity contribution < 1.29 is 17.8 Å². The first-order valence-corrected chi connectivity index (χ1v) is 11.2. The summed E-state index contributed by atoms with van der Waals surface area (Å²) in [5.41, 5.74) is 0.304. The molecule has 0 amide bonds. The predicted octanol–water partition coefficient (Wildman–Crippen LogP) is 4.25. The Hall–Kier alpha value is -1.24. The molecular weight excluding hydrogens is 350 g/mol. The molecule has 0 aliphatic heterocycles. The molecule has 0 aliphatic carbocycles. The van der Waals surface area contributed by atoms with Crippen molar-refractivity contribution in [1.29, 1.82) is 0 Å². The first kappa shape index (κ1) is 22.8. The minimum Gasteiger partial charge on any atom is -0.317 e. The second kappa shape index (κ2) is 13.0. The van der Waals surface area contributed by atoms with Crippen LogP contribution in [0.3, 0.4) is 0 Å². The fraction of sp³-hybridized carbons (Fsp3) is 0.650. The van der Waals surface area contributed by atoms with Gasteiger partial charge in [-0.15, -0.1) is 0 Å². The summed E-state index contributed by atoms with van der Waals surface area (Å²) in [5.74, 6) is -0.554. The number of nitrogens with one attached hydrogen (secondary N) is 1. The third kappa shape index (κ3) is 9.46. The zero-order valence-corrected chi connectivity index (χ0v) is 16.6. The summed E-state index contributed by atoms with van der Waals surface area (Å²) in [5, 5.41) is 1.77. The highest BCUT2D eigenvalue weighted by atomic mass is 32.2. The van der Waals surface area contributed by atoms with Gasteiger partial charge in [-0.2, -0.15) is 8.42 Å². The van der Waals surface area contributed by atoms with Gasteiger partial charge in [0.1, 0.15) is 0 Å². The number of Topliss-reactive ketones (excluding diaryl/α,β-unsaturated/α-hetero) is 1. The third-order valence-electron chi connectivity index (χ3n) is 4.50. The second-order valence-corrected chi connectivity index (χ2v) is 8.35. The van der Waals surface area contributed by atoms with Crippen molar-refractivity contribution in [3.63, 3.8) is 0 Å². The van der Waals surface area contributed by atoms with Crippen molar-refractivity contribution in [2.45, 2.75) is 70.0 Å². The summed E-state index contributed by atoms with van der Waals surface area (Å²) in [6.45, 7) is 3.40. The molecular formula is C20H33NO4S. The summed E-state index contributed by atoms with van der Waals surface area (Å²) >= 11 is 0. The molecule has 148 valence electrons. The monoisotopic (exact) mass is 383 g/mol. The van der Waals surface area contributed by atoms with Gasteiger partial charge in [0.05, 0.1) is 0 Å². The van der Waals surface area contributed by atoms with Gasteiger partial charge in [-0.1, -0.05) is 82.2 Å². The van der Waals surface area contributed by atoms with E-state index >= 15 is 0 Å². The Balaban J connectivity index is 2.24. The van der Waals surface area contributed by atoms with Crippen LogP contribution in [0.25, 0.3) is 0 Å². The first-order chi connectivity index (χ1) is 12.5. The highest BCUT2D eigenvalue weighted by Crippen LogP contribution is 2.13. The highest BCUT2D eigenvalue weighted by molar-refractivity contribution is 7.87. The van der Waals surface area contributed by atoms with Crippen molar-refractivity contribution in [2.75, 3.05) is 13.1 Å². The quantitative estimate of drug-likeness (QED) is 0.269. The standard InChI is InChI=1S/C20H33NO4S/c1-2-3-4-5-6-7-8-12-16-21-17-15-19(26(23,24)25)20(22)18-13-10-9-11-14-18/h9-11,13-14,19,21H,2-8,12,15-17H2,1H3,(H,23,24,25). The molecule has 1 atom stereocenters. The van der Waals surface area contributed by atoms with Crippen LogP contribution in [0.15, 0.2) is 30.3 Å². The summed E-state index contributed by atoms with van der Waals surface area (Å²) in [4.78, 5) is 12.3. The molecule has 0 aliphatic rings. The van der Waals surface area contributed by atoms with Gasteiger partial charge in [-0.25, -0.2) is 0 Å². The summed E-state index contributed by atoms with van der Waals surface area (Å²) in [6, 6.07) is 8.23. The predicted molar refractivity (Wildman–Crippen MR) is 106 cm³/mol. The molecule has 0 fully saturated rings.